The predicted molar refractivity (Wildman–Crippen MR) is 56.9 cm³/mol. The van der Waals surface area contributed by atoms with Gasteiger partial charge in [0.15, 0.2) is 0 Å². The van der Waals surface area contributed by atoms with Crippen LogP contribution in [0.3, 0.4) is 0 Å². The summed E-state index contributed by atoms with van der Waals surface area (Å²) in [6.07, 6.45) is 1.12. The number of rotatable bonds is 1. The van der Waals surface area contributed by atoms with Crippen LogP contribution in [0, 0.1) is 0 Å². The van der Waals surface area contributed by atoms with Crippen LogP contribution in [-0.2, 0) is 9.84 Å². The summed E-state index contributed by atoms with van der Waals surface area (Å²) in [5.41, 5.74) is 1.34. The molecule has 14 heavy (non-hydrogen) atoms. The Kier molecular flexibility index (Phi) is 2.11. The fraction of sp³-hybridized carbons (Fsp3) is 0.125. The Morgan fingerprint density at radius 2 is 2.14 bits per heavy atom. The number of imidazole rings is 1. The number of sulfone groups is 1. The van der Waals surface area contributed by atoms with E-state index in [0.717, 1.165) is 10.7 Å². The second kappa shape index (κ2) is 3.06. The Balaban J connectivity index is 2.81. The first-order valence-corrected chi connectivity index (χ1v) is 6.51. The van der Waals surface area contributed by atoms with Gasteiger partial charge in [0.05, 0.1) is 5.52 Å². The Hall–Kier alpha value is -0.880. The maximum Gasteiger partial charge on any atom is 0.225 e. The minimum atomic E-state index is -3.27. The first kappa shape index (κ1) is 9.67. The van der Waals surface area contributed by atoms with Gasteiger partial charge in [-0.05, 0) is 28.1 Å². The number of fused-ring (bicyclic) bond motifs is 1. The number of nitrogens with one attached hydrogen (secondary N) is 1. The van der Waals surface area contributed by atoms with Crippen molar-refractivity contribution in [2.24, 2.45) is 0 Å². The van der Waals surface area contributed by atoms with E-state index in [1.807, 2.05) is 12.1 Å². The van der Waals surface area contributed by atoms with Crippen molar-refractivity contribution in [3.05, 3.63) is 22.7 Å². The third kappa shape index (κ3) is 1.55. The lowest BCUT2D eigenvalue weighted by Crippen LogP contribution is -1.98. The van der Waals surface area contributed by atoms with Crippen LogP contribution in [0.2, 0.25) is 0 Å². The van der Waals surface area contributed by atoms with Gasteiger partial charge in [0.25, 0.3) is 0 Å². The van der Waals surface area contributed by atoms with E-state index in [1.165, 1.54) is 0 Å². The van der Waals surface area contributed by atoms with Crippen molar-refractivity contribution < 1.29 is 8.42 Å². The monoisotopic (exact) mass is 274 g/mol. The number of para-hydroxylation sites is 1. The van der Waals surface area contributed by atoms with Gasteiger partial charge in [-0.25, -0.2) is 13.4 Å². The summed E-state index contributed by atoms with van der Waals surface area (Å²) in [4.78, 5) is 6.74. The van der Waals surface area contributed by atoms with Crippen LogP contribution in [0.5, 0.6) is 0 Å². The molecule has 2 rings (SSSR count). The number of benzene rings is 1. The lowest BCUT2D eigenvalue weighted by Gasteiger charge is -1.88. The van der Waals surface area contributed by atoms with Crippen LogP contribution < -0.4 is 0 Å². The maximum absolute atomic E-state index is 11.2. The van der Waals surface area contributed by atoms with Gasteiger partial charge < -0.3 is 4.98 Å². The van der Waals surface area contributed by atoms with Crippen molar-refractivity contribution in [1.82, 2.24) is 9.97 Å². The number of halogens is 1. The Bertz CT molecular complexity index is 588. The summed E-state index contributed by atoms with van der Waals surface area (Å²) >= 11 is 3.30. The van der Waals surface area contributed by atoms with E-state index in [0.29, 0.717) is 11.0 Å². The van der Waals surface area contributed by atoms with Gasteiger partial charge in [-0.15, -0.1) is 0 Å². The summed E-state index contributed by atoms with van der Waals surface area (Å²) in [5.74, 6) is 0. The van der Waals surface area contributed by atoms with E-state index >= 15 is 0 Å². The van der Waals surface area contributed by atoms with Gasteiger partial charge in [-0.1, -0.05) is 6.07 Å². The maximum atomic E-state index is 11.2. The van der Waals surface area contributed by atoms with Crippen molar-refractivity contribution in [1.29, 1.82) is 0 Å². The predicted octanol–water partition coefficient (Wildman–Crippen LogP) is 1.73. The molecule has 0 spiro atoms. The topological polar surface area (TPSA) is 62.8 Å². The summed E-state index contributed by atoms with van der Waals surface area (Å²) in [7, 11) is -3.27. The standard InChI is InChI=1S/C8H7BrN2O2S/c1-14(12,13)8-10-6-4-2-3-5(9)7(6)11-8/h2-4H,1H3,(H,10,11). The molecule has 74 valence electrons. The molecule has 2 aromatic rings. The number of nitrogens with zero attached hydrogens (tertiary/aromatic N) is 1. The van der Waals surface area contributed by atoms with Crippen LogP contribution >= 0.6 is 15.9 Å². The highest BCUT2D eigenvalue weighted by atomic mass is 79.9. The van der Waals surface area contributed by atoms with Crippen molar-refractivity contribution in [2.75, 3.05) is 6.26 Å². The summed E-state index contributed by atoms with van der Waals surface area (Å²) in [5, 5.41) is -0.000556. The highest BCUT2D eigenvalue weighted by molar-refractivity contribution is 9.10. The molecule has 1 aromatic carbocycles. The van der Waals surface area contributed by atoms with Gasteiger partial charge in [-0.3, -0.25) is 0 Å². The van der Waals surface area contributed by atoms with E-state index in [4.69, 9.17) is 0 Å². The molecule has 0 aliphatic rings. The third-order valence-electron chi connectivity index (χ3n) is 1.79. The molecule has 4 nitrogen and oxygen atoms in total. The zero-order valence-electron chi connectivity index (χ0n) is 7.28. The number of H-pyrrole nitrogens is 1. The van der Waals surface area contributed by atoms with Gasteiger partial charge in [0.1, 0.15) is 5.52 Å². The summed E-state index contributed by atoms with van der Waals surface area (Å²) in [6, 6.07) is 5.41. The summed E-state index contributed by atoms with van der Waals surface area (Å²) in [6.45, 7) is 0. The van der Waals surface area contributed by atoms with E-state index in [9.17, 15) is 8.42 Å². The molecule has 6 heteroatoms. The molecule has 0 unspecified atom stereocenters. The van der Waals surface area contributed by atoms with E-state index < -0.39 is 9.84 Å². The molecule has 1 aromatic heterocycles. The van der Waals surface area contributed by atoms with Gasteiger partial charge in [-0.2, -0.15) is 0 Å². The lowest BCUT2D eigenvalue weighted by atomic mass is 10.3. The van der Waals surface area contributed by atoms with Gasteiger partial charge in [0.2, 0.25) is 15.0 Å². The van der Waals surface area contributed by atoms with Crippen molar-refractivity contribution in [2.45, 2.75) is 5.16 Å². The van der Waals surface area contributed by atoms with Crippen LogP contribution in [-0.4, -0.2) is 24.6 Å². The number of hydrogen-bond donors (Lipinski definition) is 1. The number of hydrogen-bond acceptors (Lipinski definition) is 3. The zero-order valence-corrected chi connectivity index (χ0v) is 9.68. The fourth-order valence-corrected chi connectivity index (χ4v) is 2.16. The van der Waals surface area contributed by atoms with Crippen LogP contribution in [0.15, 0.2) is 27.8 Å². The lowest BCUT2D eigenvalue weighted by molar-refractivity contribution is 0.595. The van der Waals surface area contributed by atoms with Crippen LogP contribution in [0.4, 0.5) is 0 Å². The molecular formula is C8H7BrN2O2S. The first-order chi connectivity index (χ1) is 6.48. The number of aromatic nitrogens is 2. The van der Waals surface area contributed by atoms with Crippen LogP contribution in [0.1, 0.15) is 0 Å². The second-order valence-corrected chi connectivity index (χ2v) is 5.74. The highest BCUT2D eigenvalue weighted by Gasteiger charge is 2.13. The van der Waals surface area contributed by atoms with Gasteiger partial charge >= 0.3 is 0 Å². The van der Waals surface area contributed by atoms with Crippen LogP contribution in [0.25, 0.3) is 11.0 Å². The quantitative estimate of drug-likeness (QED) is 0.862. The molecule has 0 aliphatic heterocycles. The Labute approximate surface area is 89.4 Å². The minimum absolute atomic E-state index is 0.000556. The highest BCUT2D eigenvalue weighted by Crippen LogP contribution is 2.22. The molecule has 1 N–H and O–H groups in total. The first-order valence-electron chi connectivity index (χ1n) is 3.83. The molecular weight excluding hydrogens is 268 g/mol. The molecule has 0 amide bonds. The largest absolute Gasteiger partial charge is 0.329 e. The molecule has 0 fully saturated rings. The van der Waals surface area contributed by atoms with E-state index in [1.54, 1.807) is 6.07 Å². The SMILES string of the molecule is CS(=O)(=O)c1nc2c(Br)cccc2[nH]1. The summed E-state index contributed by atoms with van der Waals surface area (Å²) < 4.78 is 23.2. The third-order valence-corrected chi connectivity index (χ3v) is 3.33. The molecule has 1 heterocycles. The zero-order chi connectivity index (χ0) is 10.3. The Morgan fingerprint density at radius 1 is 1.43 bits per heavy atom. The minimum Gasteiger partial charge on any atom is -0.329 e. The second-order valence-electron chi connectivity index (χ2n) is 2.95. The number of aromatic amines is 1. The average Bonchev–Trinajstić information content (AvgIpc) is 2.48. The molecule has 0 atom stereocenters. The molecule has 0 saturated carbocycles. The molecule has 0 radical (unpaired) electrons. The van der Waals surface area contributed by atoms with E-state index in [-0.39, 0.29) is 5.16 Å². The fourth-order valence-electron chi connectivity index (χ4n) is 1.15. The molecule has 0 saturated heterocycles. The molecule has 0 bridgehead atoms. The van der Waals surface area contributed by atoms with Crippen molar-refractivity contribution in [3.63, 3.8) is 0 Å². The average molecular weight is 275 g/mol. The molecule has 0 aliphatic carbocycles. The smallest absolute Gasteiger partial charge is 0.225 e. The van der Waals surface area contributed by atoms with Gasteiger partial charge in [0, 0.05) is 10.7 Å². The van der Waals surface area contributed by atoms with Crippen molar-refractivity contribution >= 4 is 36.8 Å². The Morgan fingerprint density at radius 3 is 2.71 bits per heavy atom. The normalized spacial score (nSPS) is 12.1. The van der Waals surface area contributed by atoms with E-state index in [2.05, 4.69) is 25.9 Å². The van der Waals surface area contributed by atoms with Crippen molar-refractivity contribution in [3.8, 4) is 0 Å².